The zero-order valence-corrected chi connectivity index (χ0v) is 10.2. The Labute approximate surface area is 99.2 Å². The van der Waals surface area contributed by atoms with Crippen LogP contribution in [-0.2, 0) is 0 Å². The van der Waals surface area contributed by atoms with E-state index in [1.54, 1.807) is 12.7 Å². The van der Waals surface area contributed by atoms with Gasteiger partial charge in [0.2, 0.25) is 0 Å². The van der Waals surface area contributed by atoms with Crippen LogP contribution in [0.15, 0.2) is 23.5 Å². The second-order valence-corrected chi connectivity index (χ2v) is 4.26. The van der Waals surface area contributed by atoms with Crippen molar-refractivity contribution in [2.45, 2.75) is 6.92 Å². The van der Waals surface area contributed by atoms with Crippen LogP contribution in [0.1, 0.15) is 5.69 Å². The highest BCUT2D eigenvalue weighted by atomic mass is 35.5. The maximum Gasteiger partial charge on any atom is 0.141 e. The van der Waals surface area contributed by atoms with Crippen molar-refractivity contribution in [3.8, 4) is 0 Å². The maximum absolute atomic E-state index is 6.04. The molecule has 2 rings (SSSR count). The predicted octanol–water partition coefficient (Wildman–Crippen LogP) is 2.52. The van der Waals surface area contributed by atoms with Gasteiger partial charge in [0.25, 0.3) is 0 Å². The minimum Gasteiger partial charge on any atom is -0.369 e. The highest BCUT2D eigenvalue weighted by Crippen LogP contribution is 2.23. The molecule has 0 atom stereocenters. The van der Waals surface area contributed by atoms with Gasteiger partial charge in [-0.15, -0.1) is 0 Å². The van der Waals surface area contributed by atoms with Crippen LogP contribution in [0.3, 0.4) is 0 Å². The quantitative estimate of drug-likeness (QED) is 0.593. The first-order valence-corrected chi connectivity index (χ1v) is 5.29. The van der Waals surface area contributed by atoms with Crippen LogP contribution < -0.4 is 0 Å². The Kier molecular flexibility index (Phi) is 2.83. The van der Waals surface area contributed by atoms with Gasteiger partial charge in [0, 0.05) is 25.2 Å². The molecule has 0 unspecified atom stereocenters. The monoisotopic (exact) mass is 236 g/mol. The molecular formula is C11H13ClN4. The molecule has 0 radical (unpaired) electrons. The molecule has 0 aliphatic heterocycles. The van der Waals surface area contributed by atoms with Crippen molar-refractivity contribution in [1.82, 2.24) is 14.3 Å². The zero-order chi connectivity index (χ0) is 11.7. The van der Waals surface area contributed by atoms with Gasteiger partial charge in [-0.1, -0.05) is 11.6 Å². The van der Waals surface area contributed by atoms with Crippen LogP contribution in [-0.4, -0.2) is 34.7 Å². The fraction of sp³-hybridized carbons (Fsp3) is 0.273. The van der Waals surface area contributed by atoms with E-state index in [2.05, 4.69) is 9.98 Å². The van der Waals surface area contributed by atoms with Gasteiger partial charge in [0.15, 0.2) is 0 Å². The Balaban J connectivity index is 2.59. The minimum atomic E-state index is 0.669. The number of fused-ring (bicyclic) bond motifs is 1. The molecule has 2 heterocycles. The topological polar surface area (TPSA) is 32.9 Å². The lowest BCUT2D eigenvalue weighted by Gasteiger charge is -2.05. The van der Waals surface area contributed by atoms with Crippen molar-refractivity contribution in [1.29, 1.82) is 0 Å². The number of pyridine rings is 1. The molecule has 0 aromatic carbocycles. The summed E-state index contributed by atoms with van der Waals surface area (Å²) < 4.78 is 1.92. The molecule has 2 aromatic rings. The fourth-order valence-electron chi connectivity index (χ4n) is 1.44. The summed E-state index contributed by atoms with van der Waals surface area (Å²) in [4.78, 5) is 10.5. The molecule has 0 fully saturated rings. The first-order chi connectivity index (χ1) is 7.58. The molecule has 16 heavy (non-hydrogen) atoms. The summed E-state index contributed by atoms with van der Waals surface area (Å²) in [5.74, 6) is 0.775. The standard InChI is InChI=1S/C11H13ClN4/c1-8-10-4-9(12)5-11(14-6-15(2)3)16(10)7-13-8/h4-7H,1-3H3. The predicted molar refractivity (Wildman–Crippen MR) is 66.8 cm³/mol. The molecule has 2 aromatic heterocycles. The third kappa shape index (κ3) is 2.02. The van der Waals surface area contributed by atoms with Crippen molar-refractivity contribution in [3.63, 3.8) is 0 Å². The summed E-state index contributed by atoms with van der Waals surface area (Å²) >= 11 is 6.04. The van der Waals surface area contributed by atoms with Crippen molar-refractivity contribution in [2.24, 2.45) is 4.99 Å². The molecule has 84 valence electrons. The third-order valence-corrected chi connectivity index (χ3v) is 2.42. The molecule has 0 aliphatic rings. The van der Waals surface area contributed by atoms with Crippen LogP contribution in [0.4, 0.5) is 5.82 Å². The van der Waals surface area contributed by atoms with E-state index in [4.69, 9.17) is 11.6 Å². The maximum atomic E-state index is 6.04. The lowest BCUT2D eigenvalue weighted by molar-refractivity contribution is 0.643. The second kappa shape index (κ2) is 4.14. The van der Waals surface area contributed by atoms with Crippen LogP contribution in [0.25, 0.3) is 5.52 Å². The summed E-state index contributed by atoms with van der Waals surface area (Å²) in [7, 11) is 3.84. The third-order valence-electron chi connectivity index (χ3n) is 2.21. The molecule has 0 aliphatic carbocycles. The first kappa shape index (κ1) is 11.0. The lowest BCUT2D eigenvalue weighted by Crippen LogP contribution is -2.07. The van der Waals surface area contributed by atoms with E-state index in [0.29, 0.717) is 5.02 Å². The van der Waals surface area contributed by atoms with E-state index in [-0.39, 0.29) is 0 Å². The van der Waals surface area contributed by atoms with Crippen LogP contribution in [0, 0.1) is 6.92 Å². The van der Waals surface area contributed by atoms with Crippen molar-refractivity contribution < 1.29 is 0 Å². The minimum absolute atomic E-state index is 0.669. The number of rotatable bonds is 2. The smallest absolute Gasteiger partial charge is 0.141 e. The Morgan fingerprint density at radius 3 is 2.88 bits per heavy atom. The van der Waals surface area contributed by atoms with Crippen LogP contribution in [0.2, 0.25) is 5.02 Å². The van der Waals surface area contributed by atoms with Gasteiger partial charge in [-0.25, -0.2) is 9.98 Å². The number of hydrogen-bond donors (Lipinski definition) is 0. The van der Waals surface area contributed by atoms with E-state index in [0.717, 1.165) is 17.0 Å². The number of nitrogens with zero attached hydrogens (tertiary/aromatic N) is 4. The summed E-state index contributed by atoms with van der Waals surface area (Å²) in [6.07, 6.45) is 3.49. The number of hydrogen-bond acceptors (Lipinski definition) is 2. The first-order valence-electron chi connectivity index (χ1n) is 4.92. The average molecular weight is 237 g/mol. The molecule has 0 saturated heterocycles. The summed E-state index contributed by atoms with van der Waals surface area (Å²) in [5, 5.41) is 0.669. The highest BCUT2D eigenvalue weighted by molar-refractivity contribution is 6.31. The molecule has 0 spiro atoms. The Hall–Kier alpha value is -1.55. The molecule has 4 nitrogen and oxygen atoms in total. The summed E-state index contributed by atoms with van der Waals surface area (Å²) in [6, 6.07) is 3.70. The average Bonchev–Trinajstić information content (AvgIpc) is 2.57. The van der Waals surface area contributed by atoms with E-state index >= 15 is 0 Å². The number of aliphatic imine (C=N–C) groups is 1. The SMILES string of the molecule is Cc1ncn2c(N=CN(C)C)cc(Cl)cc12. The van der Waals surface area contributed by atoms with E-state index < -0.39 is 0 Å². The fourth-order valence-corrected chi connectivity index (χ4v) is 1.64. The van der Waals surface area contributed by atoms with Gasteiger partial charge in [-0.05, 0) is 13.0 Å². The molecular weight excluding hydrogens is 224 g/mol. The molecule has 0 bridgehead atoms. The Bertz CT molecular complexity index is 542. The van der Waals surface area contributed by atoms with Gasteiger partial charge in [0.05, 0.1) is 17.5 Å². The zero-order valence-electron chi connectivity index (χ0n) is 9.48. The van der Waals surface area contributed by atoms with E-state index in [1.807, 2.05) is 42.5 Å². The summed E-state index contributed by atoms with van der Waals surface area (Å²) in [5.41, 5.74) is 1.93. The molecule has 0 amide bonds. The van der Waals surface area contributed by atoms with Gasteiger partial charge < -0.3 is 4.90 Å². The van der Waals surface area contributed by atoms with Gasteiger partial charge in [-0.3, -0.25) is 4.40 Å². The Morgan fingerprint density at radius 2 is 2.19 bits per heavy atom. The summed E-state index contributed by atoms with van der Waals surface area (Å²) in [6.45, 7) is 1.95. The largest absolute Gasteiger partial charge is 0.369 e. The van der Waals surface area contributed by atoms with Gasteiger partial charge >= 0.3 is 0 Å². The Morgan fingerprint density at radius 1 is 1.44 bits per heavy atom. The number of aryl methyl sites for hydroxylation is 1. The van der Waals surface area contributed by atoms with Crippen molar-refractivity contribution >= 4 is 29.3 Å². The van der Waals surface area contributed by atoms with Crippen molar-refractivity contribution in [2.75, 3.05) is 14.1 Å². The van der Waals surface area contributed by atoms with E-state index in [1.165, 1.54) is 0 Å². The van der Waals surface area contributed by atoms with E-state index in [9.17, 15) is 0 Å². The number of aromatic nitrogens is 2. The highest BCUT2D eigenvalue weighted by Gasteiger charge is 2.05. The van der Waals surface area contributed by atoms with Crippen molar-refractivity contribution in [3.05, 3.63) is 29.2 Å². The molecule has 0 N–H and O–H groups in total. The second-order valence-electron chi connectivity index (χ2n) is 3.83. The number of halogens is 1. The molecule has 5 heteroatoms. The number of imidazole rings is 1. The normalized spacial score (nSPS) is 11.5. The van der Waals surface area contributed by atoms with Gasteiger partial charge in [-0.2, -0.15) is 0 Å². The van der Waals surface area contributed by atoms with Gasteiger partial charge in [0.1, 0.15) is 12.1 Å². The lowest BCUT2D eigenvalue weighted by atomic mass is 10.3. The molecule has 0 saturated carbocycles. The van der Waals surface area contributed by atoms with Crippen LogP contribution in [0.5, 0.6) is 0 Å². The van der Waals surface area contributed by atoms with Crippen LogP contribution >= 0.6 is 11.6 Å².